The van der Waals surface area contributed by atoms with Crippen molar-refractivity contribution in [3.63, 3.8) is 0 Å². The molecular weight excluding hydrogens is 389 g/mol. The highest BCUT2D eigenvalue weighted by molar-refractivity contribution is 14.0. The molecule has 6 heteroatoms. The lowest BCUT2D eigenvalue weighted by molar-refractivity contribution is 0.412. The molecule has 0 bridgehead atoms. The van der Waals surface area contributed by atoms with Gasteiger partial charge in [0.2, 0.25) is 0 Å². The highest BCUT2D eigenvalue weighted by Crippen LogP contribution is 2.17. The summed E-state index contributed by atoms with van der Waals surface area (Å²) in [5, 5.41) is 3.33. The summed E-state index contributed by atoms with van der Waals surface area (Å²) >= 11 is 0. The number of guanidine groups is 1. The lowest BCUT2D eigenvalue weighted by Gasteiger charge is -2.23. The zero-order valence-corrected chi connectivity index (χ0v) is 15.3. The van der Waals surface area contributed by atoms with Gasteiger partial charge in [-0.05, 0) is 37.5 Å². The van der Waals surface area contributed by atoms with Gasteiger partial charge in [0.25, 0.3) is 0 Å². The summed E-state index contributed by atoms with van der Waals surface area (Å²) in [5.74, 6) is 0.537. The molecule has 1 aliphatic rings. The van der Waals surface area contributed by atoms with Crippen molar-refractivity contribution in [3.05, 3.63) is 35.8 Å². The van der Waals surface area contributed by atoms with Gasteiger partial charge in [0.1, 0.15) is 5.65 Å². The van der Waals surface area contributed by atoms with E-state index >= 15 is 0 Å². The molecule has 0 aromatic carbocycles. The molecule has 0 amide bonds. The zero-order chi connectivity index (χ0) is 14.7. The van der Waals surface area contributed by atoms with E-state index in [2.05, 4.69) is 34.3 Å². The Kier molecular flexibility index (Phi) is 6.05. The average Bonchev–Trinajstić information content (AvgIpc) is 2.88. The van der Waals surface area contributed by atoms with E-state index < -0.39 is 0 Å². The van der Waals surface area contributed by atoms with Crippen LogP contribution < -0.4 is 11.1 Å². The number of fused-ring (bicyclic) bond motifs is 1. The smallest absolute Gasteiger partial charge is 0.189 e. The Morgan fingerprint density at radius 3 is 2.95 bits per heavy atom. The molecule has 1 saturated carbocycles. The maximum Gasteiger partial charge on any atom is 0.189 e. The van der Waals surface area contributed by atoms with Crippen LogP contribution in [0.15, 0.2) is 29.5 Å². The molecule has 1 fully saturated rings. The van der Waals surface area contributed by atoms with Crippen molar-refractivity contribution in [3.8, 4) is 0 Å². The van der Waals surface area contributed by atoms with Crippen LogP contribution in [0.3, 0.4) is 0 Å². The van der Waals surface area contributed by atoms with E-state index in [1.165, 1.54) is 37.7 Å². The molecule has 5 nitrogen and oxygen atoms in total. The van der Waals surface area contributed by atoms with Gasteiger partial charge in [-0.2, -0.15) is 0 Å². The first kappa shape index (κ1) is 17.1. The first-order valence-electron chi connectivity index (χ1n) is 7.71. The fourth-order valence-electron chi connectivity index (χ4n) is 2.88. The molecule has 3 N–H and O–H groups in total. The fourth-order valence-corrected chi connectivity index (χ4v) is 2.88. The first-order valence-corrected chi connectivity index (χ1v) is 7.71. The molecule has 2 aromatic heterocycles. The molecule has 1 aliphatic carbocycles. The molecule has 3 rings (SSSR count). The van der Waals surface area contributed by atoms with Crippen LogP contribution in [0.1, 0.15) is 43.4 Å². The Hall–Kier alpha value is -1.31. The topological polar surface area (TPSA) is 67.7 Å². The van der Waals surface area contributed by atoms with E-state index in [4.69, 9.17) is 5.73 Å². The van der Waals surface area contributed by atoms with Gasteiger partial charge in [0.05, 0.1) is 12.2 Å². The maximum absolute atomic E-state index is 5.98. The normalized spacial score (nSPS) is 16.5. The zero-order valence-electron chi connectivity index (χ0n) is 13.0. The molecule has 0 atom stereocenters. The number of imidazole rings is 1. The predicted molar refractivity (Wildman–Crippen MR) is 101 cm³/mol. The number of nitrogens with one attached hydrogen (secondary N) is 1. The van der Waals surface area contributed by atoms with Crippen LogP contribution in [-0.2, 0) is 6.54 Å². The van der Waals surface area contributed by atoms with Crippen molar-refractivity contribution in [1.29, 1.82) is 0 Å². The number of halogens is 1. The van der Waals surface area contributed by atoms with E-state index in [9.17, 15) is 0 Å². The predicted octanol–water partition coefficient (Wildman–Crippen LogP) is 3.00. The minimum atomic E-state index is 0. The Morgan fingerprint density at radius 2 is 2.18 bits per heavy atom. The van der Waals surface area contributed by atoms with Crippen molar-refractivity contribution in [2.24, 2.45) is 10.7 Å². The molecule has 2 heterocycles. The minimum Gasteiger partial charge on any atom is -0.370 e. The van der Waals surface area contributed by atoms with Crippen LogP contribution in [0.4, 0.5) is 0 Å². The number of pyridine rings is 1. The van der Waals surface area contributed by atoms with Crippen molar-refractivity contribution in [1.82, 2.24) is 14.7 Å². The third-order valence-corrected chi connectivity index (χ3v) is 4.03. The van der Waals surface area contributed by atoms with E-state index in [-0.39, 0.29) is 24.0 Å². The van der Waals surface area contributed by atoms with Gasteiger partial charge in [-0.15, -0.1) is 24.0 Å². The number of aromatic nitrogens is 2. The fraction of sp³-hybridized carbons (Fsp3) is 0.500. The highest BCUT2D eigenvalue weighted by atomic mass is 127. The lowest BCUT2D eigenvalue weighted by Crippen LogP contribution is -2.41. The number of hydrogen-bond acceptors (Lipinski definition) is 2. The molecule has 120 valence electrons. The van der Waals surface area contributed by atoms with Crippen LogP contribution in [-0.4, -0.2) is 21.4 Å². The minimum absolute atomic E-state index is 0. The molecule has 22 heavy (non-hydrogen) atoms. The summed E-state index contributed by atoms with van der Waals surface area (Å²) in [6.45, 7) is 2.59. The summed E-state index contributed by atoms with van der Waals surface area (Å²) in [7, 11) is 0. The first-order chi connectivity index (χ1) is 10.2. The van der Waals surface area contributed by atoms with Crippen molar-refractivity contribution < 1.29 is 0 Å². The molecule has 0 radical (unpaired) electrons. The van der Waals surface area contributed by atoms with Gasteiger partial charge in [0.15, 0.2) is 5.96 Å². The summed E-state index contributed by atoms with van der Waals surface area (Å²) in [6.07, 6.45) is 10.3. The van der Waals surface area contributed by atoms with Crippen molar-refractivity contribution in [2.45, 2.75) is 51.6 Å². The lowest BCUT2D eigenvalue weighted by atomic mass is 9.96. The number of aliphatic imine (C=N–C) groups is 1. The van der Waals surface area contributed by atoms with E-state index in [1.54, 1.807) is 0 Å². The third-order valence-electron chi connectivity index (χ3n) is 4.03. The summed E-state index contributed by atoms with van der Waals surface area (Å²) in [6, 6.07) is 4.63. The molecule has 0 aliphatic heterocycles. The van der Waals surface area contributed by atoms with Crippen LogP contribution in [0.5, 0.6) is 0 Å². The van der Waals surface area contributed by atoms with Gasteiger partial charge in [-0.1, -0.05) is 19.3 Å². The number of aryl methyl sites for hydroxylation is 1. The van der Waals surface area contributed by atoms with Crippen LogP contribution in [0.2, 0.25) is 0 Å². The largest absolute Gasteiger partial charge is 0.370 e. The van der Waals surface area contributed by atoms with Gasteiger partial charge in [-0.25, -0.2) is 9.98 Å². The van der Waals surface area contributed by atoms with Gasteiger partial charge >= 0.3 is 0 Å². The van der Waals surface area contributed by atoms with Crippen LogP contribution in [0.25, 0.3) is 5.65 Å². The summed E-state index contributed by atoms with van der Waals surface area (Å²) in [5.41, 5.74) is 9.08. The SMILES string of the molecule is Cc1ccn2cc(CN=C(N)NC3CCCCC3)nc2c1.I. The number of nitrogens with two attached hydrogens (primary N) is 1. The number of hydrogen-bond donors (Lipinski definition) is 2. The second-order valence-electron chi connectivity index (χ2n) is 5.88. The Labute approximate surface area is 148 Å². The van der Waals surface area contributed by atoms with E-state index in [0.29, 0.717) is 18.5 Å². The van der Waals surface area contributed by atoms with Crippen LogP contribution in [0, 0.1) is 6.92 Å². The maximum atomic E-state index is 5.98. The van der Waals surface area contributed by atoms with E-state index in [1.807, 2.05) is 16.8 Å². The highest BCUT2D eigenvalue weighted by Gasteiger charge is 2.13. The molecule has 0 saturated heterocycles. The van der Waals surface area contributed by atoms with Crippen molar-refractivity contribution in [2.75, 3.05) is 0 Å². The molecular formula is C16H24IN5. The summed E-state index contributed by atoms with van der Waals surface area (Å²) in [4.78, 5) is 8.98. The molecule has 0 unspecified atom stereocenters. The second-order valence-corrected chi connectivity index (χ2v) is 5.88. The second kappa shape index (κ2) is 7.80. The molecule has 0 spiro atoms. The van der Waals surface area contributed by atoms with Gasteiger partial charge in [0, 0.05) is 18.4 Å². The van der Waals surface area contributed by atoms with Crippen molar-refractivity contribution >= 4 is 35.6 Å². The third kappa shape index (κ3) is 4.34. The summed E-state index contributed by atoms with van der Waals surface area (Å²) < 4.78 is 2.02. The Balaban J connectivity index is 0.00000176. The number of nitrogens with zero attached hydrogens (tertiary/aromatic N) is 3. The van der Waals surface area contributed by atoms with E-state index in [0.717, 1.165) is 11.3 Å². The standard InChI is InChI=1S/C16H23N5.HI/c1-12-7-8-21-11-14(19-15(21)9-12)10-18-16(17)20-13-5-3-2-4-6-13;/h7-9,11,13H,2-6,10H2,1H3,(H3,17,18,20);1H. The quantitative estimate of drug-likeness (QED) is 0.462. The van der Waals surface area contributed by atoms with Gasteiger partial charge < -0.3 is 15.5 Å². The van der Waals surface area contributed by atoms with Crippen LogP contribution >= 0.6 is 24.0 Å². The Bertz CT molecular complexity index is 643. The van der Waals surface area contributed by atoms with Gasteiger partial charge in [-0.3, -0.25) is 0 Å². The monoisotopic (exact) mass is 413 g/mol. The Morgan fingerprint density at radius 1 is 1.41 bits per heavy atom. The molecule has 2 aromatic rings. The number of rotatable bonds is 3. The average molecular weight is 413 g/mol.